The van der Waals surface area contributed by atoms with E-state index in [-0.39, 0.29) is 29.7 Å². The number of pyridine rings is 1. The van der Waals surface area contributed by atoms with Crippen LogP contribution < -0.4 is 15.5 Å². The number of nitrogens with zero attached hydrogens (tertiary/aromatic N) is 7. The quantitative estimate of drug-likeness (QED) is 0.178. The lowest BCUT2D eigenvalue weighted by Gasteiger charge is -2.36. The number of hydrogen-bond acceptors (Lipinski definition) is 9. The van der Waals surface area contributed by atoms with Gasteiger partial charge in [0.1, 0.15) is 17.2 Å². The van der Waals surface area contributed by atoms with E-state index in [0.717, 1.165) is 67.2 Å². The number of hydrogen-bond donors (Lipinski definition) is 2. The van der Waals surface area contributed by atoms with Crippen molar-refractivity contribution in [2.24, 2.45) is 5.92 Å². The highest BCUT2D eigenvalue weighted by Crippen LogP contribution is 2.36. The Morgan fingerprint density at radius 3 is 2.30 bits per heavy atom. The van der Waals surface area contributed by atoms with Gasteiger partial charge in [-0.2, -0.15) is 4.98 Å². The molecule has 1 aromatic carbocycles. The molecule has 0 spiro atoms. The molecule has 2 N–H and O–H groups in total. The Balaban J connectivity index is 0.792. The Kier molecular flexibility index (Phi) is 10.6. The molecule has 54 heavy (non-hydrogen) atoms. The Morgan fingerprint density at radius 2 is 1.61 bits per heavy atom. The number of carbonyl (C=O) groups excluding carboxylic acids is 3. The van der Waals surface area contributed by atoms with Crippen LogP contribution in [0.25, 0.3) is 11.0 Å². The zero-order chi connectivity index (χ0) is 37.2. The number of amides is 3. The third kappa shape index (κ3) is 7.85. The van der Waals surface area contributed by atoms with Crippen LogP contribution in [-0.4, -0.2) is 93.9 Å². The number of benzene rings is 1. The molecular weight excluding hydrogens is 679 g/mol. The van der Waals surface area contributed by atoms with E-state index in [1.54, 1.807) is 25.2 Å². The molecule has 0 bridgehead atoms. The van der Waals surface area contributed by atoms with Crippen molar-refractivity contribution in [2.45, 2.75) is 88.5 Å². The van der Waals surface area contributed by atoms with Crippen molar-refractivity contribution in [1.29, 1.82) is 0 Å². The Labute approximate surface area is 317 Å². The van der Waals surface area contributed by atoms with Crippen molar-refractivity contribution in [2.75, 3.05) is 57.0 Å². The molecule has 4 fully saturated rings. The summed E-state index contributed by atoms with van der Waals surface area (Å²) in [5, 5.41) is 6.66. The number of likely N-dealkylation sites (tertiary alicyclic amines) is 1. The molecule has 3 saturated heterocycles. The standard InChI is InChI=1S/C42H53N9O3/c1-48(2)41(54)36-25-32-26-44-42(47-39(32)51(36)33-5-3-4-6-33)45-37-13-11-34(27-43-37)50-23-16-28(17-24-50)15-20-49-21-18-30(19-22-49)29-7-9-31(10-8-29)35-12-14-38(52)46-40(35)53/h7-11,13,25-28,30,33,35H,3-6,12,14-24H2,1-2H3,(H,46,52,53)(H,43,44,45,47). The van der Waals surface area contributed by atoms with E-state index in [0.29, 0.717) is 36.2 Å². The van der Waals surface area contributed by atoms with Crippen LogP contribution in [0, 0.1) is 5.92 Å². The van der Waals surface area contributed by atoms with Gasteiger partial charge in [-0.1, -0.05) is 37.1 Å². The zero-order valence-electron chi connectivity index (χ0n) is 31.7. The summed E-state index contributed by atoms with van der Waals surface area (Å²) in [5.41, 5.74) is 4.99. The van der Waals surface area contributed by atoms with Crippen LogP contribution >= 0.6 is 0 Å². The highest BCUT2D eigenvalue weighted by molar-refractivity contribution is 6.01. The molecular formula is C42H53N9O3. The lowest BCUT2D eigenvalue weighted by atomic mass is 9.85. The monoisotopic (exact) mass is 731 g/mol. The van der Waals surface area contributed by atoms with E-state index >= 15 is 0 Å². The average molecular weight is 732 g/mol. The number of piperidine rings is 3. The summed E-state index contributed by atoms with van der Waals surface area (Å²) in [6.45, 7) is 5.52. The molecule has 1 atom stereocenters. The summed E-state index contributed by atoms with van der Waals surface area (Å²) in [7, 11) is 3.58. The van der Waals surface area contributed by atoms with Crippen LogP contribution in [0.3, 0.4) is 0 Å². The SMILES string of the molecule is CN(C)C(=O)c1cc2cnc(Nc3ccc(N4CCC(CCN5CCC(c6ccc(C7CCC(=O)NC7=O)cc6)CC5)CC4)cn3)nc2n1C1CCCC1. The van der Waals surface area contributed by atoms with E-state index in [4.69, 9.17) is 9.97 Å². The van der Waals surface area contributed by atoms with Gasteiger partial charge in [-0.05, 0) is 112 Å². The maximum atomic E-state index is 13.1. The average Bonchev–Trinajstić information content (AvgIpc) is 3.86. The minimum absolute atomic E-state index is 0.0124. The molecule has 6 heterocycles. The lowest BCUT2D eigenvalue weighted by Crippen LogP contribution is -2.39. The van der Waals surface area contributed by atoms with Crippen LogP contribution in [0.1, 0.15) is 110 Å². The van der Waals surface area contributed by atoms with Crippen LogP contribution in [0.4, 0.5) is 17.5 Å². The number of rotatable bonds is 10. The summed E-state index contributed by atoms with van der Waals surface area (Å²) in [6, 6.07) is 14.9. The van der Waals surface area contributed by atoms with Gasteiger partial charge in [0.25, 0.3) is 5.91 Å². The van der Waals surface area contributed by atoms with Crippen molar-refractivity contribution in [3.63, 3.8) is 0 Å². The van der Waals surface area contributed by atoms with E-state index in [1.807, 2.05) is 18.3 Å². The molecule has 284 valence electrons. The largest absolute Gasteiger partial charge is 0.370 e. The molecule has 8 rings (SSSR count). The Hall–Kier alpha value is -4.84. The molecule has 1 aliphatic carbocycles. The Bertz CT molecular complexity index is 1950. The second kappa shape index (κ2) is 15.9. The third-order valence-electron chi connectivity index (χ3n) is 12.3. The number of imide groups is 1. The predicted molar refractivity (Wildman–Crippen MR) is 210 cm³/mol. The summed E-state index contributed by atoms with van der Waals surface area (Å²) in [5.74, 6) is 1.93. The Morgan fingerprint density at radius 1 is 0.870 bits per heavy atom. The van der Waals surface area contributed by atoms with Gasteiger partial charge in [-0.25, -0.2) is 9.97 Å². The molecule has 0 radical (unpaired) electrons. The summed E-state index contributed by atoms with van der Waals surface area (Å²) in [6.07, 6.45) is 15.2. The van der Waals surface area contributed by atoms with Gasteiger partial charge in [0.2, 0.25) is 17.8 Å². The molecule has 1 unspecified atom stereocenters. The van der Waals surface area contributed by atoms with Gasteiger partial charge in [0.15, 0.2) is 0 Å². The summed E-state index contributed by atoms with van der Waals surface area (Å²) >= 11 is 0. The second-order valence-corrected chi connectivity index (χ2v) is 16.0. The number of nitrogens with one attached hydrogen (secondary N) is 2. The zero-order valence-corrected chi connectivity index (χ0v) is 31.7. The first-order valence-corrected chi connectivity index (χ1v) is 20.0. The molecule has 4 aromatic rings. The summed E-state index contributed by atoms with van der Waals surface area (Å²) in [4.78, 5) is 57.8. The highest BCUT2D eigenvalue weighted by Gasteiger charge is 2.30. The number of carbonyl (C=O) groups is 3. The van der Waals surface area contributed by atoms with E-state index in [9.17, 15) is 14.4 Å². The molecule has 4 aliphatic rings. The van der Waals surface area contributed by atoms with Gasteiger partial charge in [-0.3, -0.25) is 19.7 Å². The molecule has 12 heteroatoms. The molecule has 3 amide bonds. The first kappa shape index (κ1) is 36.2. The van der Waals surface area contributed by atoms with Crippen molar-refractivity contribution in [3.05, 3.63) is 71.7 Å². The summed E-state index contributed by atoms with van der Waals surface area (Å²) < 4.78 is 2.13. The van der Waals surface area contributed by atoms with Crippen molar-refractivity contribution >= 4 is 46.2 Å². The van der Waals surface area contributed by atoms with Crippen LogP contribution in [0.5, 0.6) is 0 Å². The highest BCUT2D eigenvalue weighted by atomic mass is 16.2. The number of aromatic nitrogens is 4. The van der Waals surface area contributed by atoms with Crippen LogP contribution in [0.2, 0.25) is 0 Å². The van der Waals surface area contributed by atoms with Crippen LogP contribution in [-0.2, 0) is 9.59 Å². The van der Waals surface area contributed by atoms with Gasteiger partial charge in [0.05, 0.1) is 17.8 Å². The topological polar surface area (TPSA) is 129 Å². The molecule has 3 aromatic heterocycles. The van der Waals surface area contributed by atoms with Gasteiger partial charge >= 0.3 is 0 Å². The van der Waals surface area contributed by atoms with E-state index in [2.05, 4.69) is 60.3 Å². The minimum Gasteiger partial charge on any atom is -0.370 e. The maximum absolute atomic E-state index is 13.1. The smallest absolute Gasteiger partial charge is 0.270 e. The van der Waals surface area contributed by atoms with Gasteiger partial charge < -0.3 is 24.6 Å². The third-order valence-corrected chi connectivity index (χ3v) is 12.3. The predicted octanol–water partition coefficient (Wildman–Crippen LogP) is 6.39. The molecule has 3 aliphatic heterocycles. The fourth-order valence-corrected chi connectivity index (χ4v) is 9.10. The lowest BCUT2D eigenvalue weighted by molar-refractivity contribution is -0.134. The first-order valence-electron chi connectivity index (χ1n) is 20.0. The normalized spacial score (nSPS) is 20.8. The molecule has 12 nitrogen and oxygen atoms in total. The van der Waals surface area contributed by atoms with Crippen molar-refractivity contribution in [1.82, 2.24) is 34.6 Å². The minimum atomic E-state index is -0.217. The fraction of sp³-hybridized carbons (Fsp3) is 0.524. The second-order valence-electron chi connectivity index (χ2n) is 16.0. The van der Waals surface area contributed by atoms with Gasteiger partial charge in [0, 0.05) is 51.2 Å². The number of anilines is 3. The van der Waals surface area contributed by atoms with E-state index < -0.39 is 0 Å². The van der Waals surface area contributed by atoms with E-state index in [1.165, 1.54) is 57.1 Å². The first-order chi connectivity index (χ1) is 26.3. The maximum Gasteiger partial charge on any atom is 0.270 e. The molecule has 1 saturated carbocycles. The van der Waals surface area contributed by atoms with Crippen LogP contribution in [0.15, 0.2) is 54.9 Å². The van der Waals surface area contributed by atoms with Crippen molar-refractivity contribution in [3.8, 4) is 0 Å². The fourth-order valence-electron chi connectivity index (χ4n) is 9.10. The van der Waals surface area contributed by atoms with Gasteiger partial charge in [-0.15, -0.1) is 0 Å². The van der Waals surface area contributed by atoms with Crippen molar-refractivity contribution < 1.29 is 14.4 Å². The number of fused-ring (bicyclic) bond motifs is 1.